The highest BCUT2D eigenvalue weighted by atomic mass is 19.4. The Kier molecular flexibility index (Phi) is 4.93. The summed E-state index contributed by atoms with van der Waals surface area (Å²) in [5.41, 5.74) is 2.06. The zero-order chi connectivity index (χ0) is 17.0. The van der Waals surface area contributed by atoms with Crippen molar-refractivity contribution in [2.75, 3.05) is 11.9 Å². The number of amides is 1. The van der Waals surface area contributed by atoms with Gasteiger partial charge in [0, 0.05) is 11.3 Å². The number of hydrogen-bond acceptors (Lipinski definition) is 2. The van der Waals surface area contributed by atoms with Crippen LogP contribution in [-0.2, 0) is 0 Å². The molecule has 1 N–H and O–H groups in total. The van der Waals surface area contributed by atoms with E-state index in [4.69, 9.17) is 4.74 Å². The van der Waals surface area contributed by atoms with Gasteiger partial charge >= 0.3 is 6.18 Å². The molecule has 23 heavy (non-hydrogen) atoms. The molecule has 0 bridgehead atoms. The Labute approximate surface area is 132 Å². The van der Waals surface area contributed by atoms with E-state index in [1.807, 2.05) is 0 Å². The smallest absolute Gasteiger partial charge is 0.422 e. The molecule has 0 radical (unpaired) electrons. The van der Waals surface area contributed by atoms with Crippen LogP contribution < -0.4 is 10.1 Å². The Morgan fingerprint density at radius 1 is 1.09 bits per heavy atom. The normalized spacial score (nSPS) is 11.2. The van der Waals surface area contributed by atoms with Crippen LogP contribution in [0.2, 0.25) is 0 Å². The van der Waals surface area contributed by atoms with E-state index in [2.05, 4.69) is 5.32 Å². The maximum Gasteiger partial charge on any atom is 0.422 e. The van der Waals surface area contributed by atoms with Crippen LogP contribution in [0.1, 0.15) is 21.5 Å². The molecule has 2 rings (SSSR count). The van der Waals surface area contributed by atoms with Crippen LogP contribution in [0.3, 0.4) is 0 Å². The highest BCUT2D eigenvalue weighted by molar-refractivity contribution is 6.04. The number of anilines is 1. The lowest BCUT2D eigenvalue weighted by molar-refractivity contribution is -0.153. The molecule has 6 heteroatoms. The number of carbonyl (C=O) groups excluding carboxylic acids is 1. The Morgan fingerprint density at radius 2 is 1.65 bits per heavy atom. The first-order valence-corrected chi connectivity index (χ1v) is 6.93. The maximum absolute atomic E-state index is 12.3. The van der Waals surface area contributed by atoms with Crippen LogP contribution in [0.4, 0.5) is 18.9 Å². The van der Waals surface area contributed by atoms with Gasteiger partial charge < -0.3 is 10.1 Å². The molecule has 0 fully saturated rings. The highest BCUT2D eigenvalue weighted by Crippen LogP contribution is 2.29. The lowest BCUT2D eigenvalue weighted by Crippen LogP contribution is -2.20. The summed E-state index contributed by atoms with van der Waals surface area (Å²) in [7, 11) is 0. The SMILES string of the molecule is Cc1cc(NC(=O)c2ccccc2)cc(C)c1OCC(F)(F)F. The highest BCUT2D eigenvalue weighted by Gasteiger charge is 2.29. The van der Waals surface area contributed by atoms with Crippen molar-refractivity contribution in [3.8, 4) is 5.75 Å². The van der Waals surface area contributed by atoms with Crippen molar-refractivity contribution in [3.63, 3.8) is 0 Å². The summed E-state index contributed by atoms with van der Waals surface area (Å²) in [5, 5.41) is 2.72. The number of alkyl halides is 3. The predicted molar refractivity (Wildman–Crippen MR) is 81.9 cm³/mol. The molecule has 0 aromatic heterocycles. The van der Waals surface area contributed by atoms with Gasteiger partial charge in [-0.15, -0.1) is 0 Å². The van der Waals surface area contributed by atoms with Gasteiger partial charge in [-0.25, -0.2) is 0 Å². The molecule has 0 unspecified atom stereocenters. The second-order valence-electron chi connectivity index (χ2n) is 5.16. The molecule has 2 aromatic rings. The molecule has 2 aromatic carbocycles. The summed E-state index contributed by atoms with van der Waals surface area (Å²) in [6.07, 6.45) is -4.39. The van der Waals surface area contributed by atoms with E-state index in [0.29, 0.717) is 22.4 Å². The van der Waals surface area contributed by atoms with Gasteiger partial charge in [-0.3, -0.25) is 4.79 Å². The van der Waals surface area contributed by atoms with Crippen LogP contribution in [0, 0.1) is 13.8 Å². The Morgan fingerprint density at radius 3 is 2.17 bits per heavy atom. The van der Waals surface area contributed by atoms with E-state index in [9.17, 15) is 18.0 Å². The fraction of sp³-hybridized carbons (Fsp3) is 0.235. The number of aryl methyl sites for hydroxylation is 2. The van der Waals surface area contributed by atoms with Crippen molar-refractivity contribution in [3.05, 3.63) is 59.2 Å². The van der Waals surface area contributed by atoms with Crippen molar-refractivity contribution in [1.29, 1.82) is 0 Å². The molecular formula is C17H16F3NO2. The van der Waals surface area contributed by atoms with Gasteiger partial charge in [-0.2, -0.15) is 13.2 Å². The van der Waals surface area contributed by atoms with E-state index >= 15 is 0 Å². The third-order valence-electron chi connectivity index (χ3n) is 3.13. The molecule has 122 valence electrons. The number of carbonyl (C=O) groups is 1. The van der Waals surface area contributed by atoms with Gasteiger partial charge in [0.15, 0.2) is 6.61 Å². The topological polar surface area (TPSA) is 38.3 Å². The van der Waals surface area contributed by atoms with E-state index in [0.717, 1.165) is 0 Å². The number of nitrogens with one attached hydrogen (secondary N) is 1. The molecular weight excluding hydrogens is 307 g/mol. The lowest BCUT2D eigenvalue weighted by Gasteiger charge is -2.15. The molecule has 0 aliphatic heterocycles. The van der Waals surface area contributed by atoms with Crippen molar-refractivity contribution < 1.29 is 22.7 Å². The van der Waals surface area contributed by atoms with Crippen LogP contribution in [0.5, 0.6) is 5.75 Å². The lowest BCUT2D eigenvalue weighted by atomic mass is 10.1. The summed E-state index contributed by atoms with van der Waals surface area (Å²) < 4.78 is 41.6. The third-order valence-corrected chi connectivity index (χ3v) is 3.13. The maximum atomic E-state index is 12.3. The monoisotopic (exact) mass is 323 g/mol. The number of rotatable bonds is 4. The van der Waals surface area contributed by atoms with Gasteiger partial charge in [-0.05, 0) is 49.2 Å². The van der Waals surface area contributed by atoms with Gasteiger partial charge in [0.25, 0.3) is 5.91 Å². The molecule has 0 atom stereocenters. The third kappa shape index (κ3) is 4.74. The summed E-state index contributed by atoms with van der Waals surface area (Å²) in [6.45, 7) is 1.93. The van der Waals surface area contributed by atoms with E-state index in [1.165, 1.54) is 0 Å². The van der Waals surface area contributed by atoms with E-state index in [1.54, 1.807) is 56.3 Å². The standard InChI is InChI=1S/C17H16F3NO2/c1-11-8-14(21-16(22)13-6-4-3-5-7-13)9-12(2)15(11)23-10-17(18,19)20/h3-9H,10H2,1-2H3,(H,21,22). The van der Waals surface area contributed by atoms with E-state index < -0.39 is 12.8 Å². The molecule has 0 saturated heterocycles. The predicted octanol–water partition coefficient (Wildman–Crippen LogP) is 4.50. The molecule has 0 aliphatic carbocycles. The quantitative estimate of drug-likeness (QED) is 0.900. The fourth-order valence-corrected chi connectivity index (χ4v) is 2.20. The molecule has 0 spiro atoms. The van der Waals surface area contributed by atoms with Crippen molar-refractivity contribution in [1.82, 2.24) is 0 Å². The van der Waals surface area contributed by atoms with Crippen LogP contribution in [0.15, 0.2) is 42.5 Å². The van der Waals surface area contributed by atoms with Crippen molar-refractivity contribution in [2.45, 2.75) is 20.0 Å². The van der Waals surface area contributed by atoms with Crippen LogP contribution in [0.25, 0.3) is 0 Å². The molecule has 0 saturated carbocycles. The van der Waals surface area contributed by atoms with Crippen LogP contribution >= 0.6 is 0 Å². The minimum atomic E-state index is -4.39. The van der Waals surface area contributed by atoms with Gasteiger partial charge in [0.05, 0.1) is 0 Å². The molecule has 1 amide bonds. The van der Waals surface area contributed by atoms with Gasteiger partial charge in [0.1, 0.15) is 5.75 Å². The first kappa shape index (κ1) is 16.9. The Balaban J connectivity index is 2.15. The van der Waals surface area contributed by atoms with E-state index in [-0.39, 0.29) is 11.7 Å². The summed E-state index contributed by atoms with van der Waals surface area (Å²) in [6, 6.07) is 11.8. The Hall–Kier alpha value is -2.50. The first-order valence-electron chi connectivity index (χ1n) is 6.93. The summed E-state index contributed by atoms with van der Waals surface area (Å²) >= 11 is 0. The number of benzene rings is 2. The minimum Gasteiger partial charge on any atom is -0.484 e. The largest absolute Gasteiger partial charge is 0.484 e. The van der Waals surface area contributed by atoms with Crippen molar-refractivity contribution >= 4 is 11.6 Å². The van der Waals surface area contributed by atoms with Gasteiger partial charge in [-0.1, -0.05) is 18.2 Å². The molecule has 0 heterocycles. The first-order chi connectivity index (χ1) is 10.8. The second kappa shape index (κ2) is 6.73. The zero-order valence-electron chi connectivity index (χ0n) is 12.7. The minimum absolute atomic E-state index is 0.181. The number of halogens is 3. The second-order valence-corrected chi connectivity index (χ2v) is 5.16. The number of hydrogen-bond donors (Lipinski definition) is 1. The average molecular weight is 323 g/mol. The summed E-state index contributed by atoms with van der Waals surface area (Å²) in [4.78, 5) is 12.1. The zero-order valence-corrected chi connectivity index (χ0v) is 12.7. The fourth-order valence-electron chi connectivity index (χ4n) is 2.20. The average Bonchev–Trinajstić information content (AvgIpc) is 2.46. The molecule has 3 nitrogen and oxygen atoms in total. The Bertz CT molecular complexity index is 674. The van der Waals surface area contributed by atoms with Crippen molar-refractivity contribution in [2.24, 2.45) is 0 Å². The molecule has 0 aliphatic rings. The number of ether oxygens (including phenoxy) is 1. The van der Waals surface area contributed by atoms with Gasteiger partial charge in [0.2, 0.25) is 0 Å². The van der Waals surface area contributed by atoms with Crippen LogP contribution in [-0.4, -0.2) is 18.7 Å². The summed E-state index contributed by atoms with van der Waals surface area (Å²) in [5.74, 6) is -0.103.